The molecular weight excluding hydrogens is 358 g/mol. The van der Waals surface area contributed by atoms with Crippen LogP contribution in [0.15, 0.2) is 16.7 Å². The SMILES string of the molecule is CCSCCC(C)n1c(C(C)Cl)nc2cc(Br)cnc21. The van der Waals surface area contributed by atoms with Gasteiger partial charge in [-0.2, -0.15) is 11.8 Å². The number of nitrogens with zero attached hydrogens (tertiary/aromatic N) is 3. The van der Waals surface area contributed by atoms with Gasteiger partial charge in [-0.25, -0.2) is 9.97 Å². The highest BCUT2D eigenvalue weighted by atomic mass is 79.9. The van der Waals surface area contributed by atoms with E-state index < -0.39 is 0 Å². The molecule has 2 heterocycles. The highest BCUT2D eigenvalue weighted by Crippen LogP contribution is 2.29. The molecule has 2 rings (SSSR count). The minimum absolute atomic E-state index is 0.121. The number of halogens is 2. The summed E-state index contributed by atoms with van der Waals surface area (Å²) in [5.74, 6) is 3.20. The molecule has 0 aliphatic rings. The summed E-state index contributed by atoms with van der Waals surface area (Å²) in [5, 5.41) is -0.121. The quantitative estimate of drug-likeness (QED) is 0.513. The zero-order chi connectivity index (χ0) is 14.7. The molecule has 0 amide bonds. The van der Waals surface area contributed by atoms with Crippen LogP contribution in [0.2, 0.25) is 0 Å². The van der Waals surface area contributed by atoms with Crippen molar-refractivity contribution in [1.29, 1.82) is 0 Å². The van der Waals surface area contributed by atoms with Crippen LogP contribution in [-0.2, 0) is 0 Å². The number of rotatable bonds is 6. The molecule has 0 aromatic carbocycles. The van der Waals surface area contributed by atoms with Crippen LogP contribution >= 0.6 is 39.3 Å². The first kappa shape index (κ1) is 16.1. The van der Waals surface area contributed by atoms with Crippen molar-refractivity contribution in [3.05, 3.63) is 22.6 Å². The largest absolute Gasteiger partial charge is 0.309 e. The minimum atomic E-state index is -0.121. The fraction of sp³-hybridized carbons (Fsp3) is 0.571. The van der Waals surface area contributed by atoms with Crippen molar-refractivity contribution in [1.82, 2.24) is 14.5 Å². The van der Waals surface area contributed by atoms with E-state index in [0.717, 1.165) is 39.4 Å². The minimum Gasteiger partial charge on any atom is -0.309 e. The van der Waals surface area contributed by atoms with E-state index in [4.69, 9.17) is 11.6 Å². The summed E-state index contributed by atoms with van der Waals surface area (Å²) in [5.41, 5.74) is 1.82. The van der Waals surface area contributed by atoms with Gasteiger partial charge < -0.3 is 4.57 Å². The lowest BCUT2D eigenvalue weighted by Gasteiger charge is -2.17. The Hall–Kier alpha value is -0.260. The van der Waals surface area contributed by atoms with Gasteiger partial charge in [-0.3, -0.25) is 0 Å². The van der Waals surface area contributed by atoms with Gasteiger partial charge in [0, 0.05) is 16.7 Å². The van der Waals surface area contributed by atoms with Crippen molar-refractivity contribution in [2.75, 3.05) is 11.5 Å². The van der Waals surface area contributed by atoms with Gasteiger partial charge in [0.1, 0.15) is 11.3 Å². The van der Waals surface area contributed by atoms with Crippen molar-refractivity contribution >= 4 is 50.5 Å². The third-order valence-electron chi connectivity index (χ3n) is 3.20. The van der Waals surface area contributed by atoms with Crippen molar-refractivity contribution < 1.29 is 0 Å². The van der Waals surface area contributed by atoms with Gasteiger partial charge >= 0.3 is 0 Å². The maximum atomic E-state index is 6.30. The van der Waals surface area contributed by atoms with Gasteiger partial charge in [-0.05, 0) is 53.8 Å². The van der Waals surface area contributed by atoms with Crippen LogP contribution in [-0.4, -0.2) is 26.0 Å². The Balaban J connectivity index is 2.40. The second-order valence-electron chi connectivity index (χ2n) is 4.79. The third-order valence-corrected chi connectivity index (χ3v) is 4.77. The lowest BCUT2D eigenvalue weighted by molar-refractivity contribution is 0.522. The summed E-state index contributed by atoms with van der Waals surface area (Å²) in [6, 6.07) is 2.35. The van der Waals surface area contributed by atoms with Gasteiger partial charge in [0.05, 0.1) is 5.38 Å². The maximum Gasteiger partial charge on any atom is 0.160 e. The molecule has 0 radical (unpaired) electrons. The molecule has 0 fully saturated rings. The summed E-state index contributed by atoms with van der Waals surface area (Å²) in [7, 11) is 0. The number of alkyl halides is 1. The van der Waals surface area contributed by atoms with Crippen molar-refractivity contribution in [2.45, 2.75) is 38.6 Å². The van der Waals surface area contributed by atoms with Crippen LogP contribution in [0.5, 0.6) is 0 Å². The molecule has 0 saturated heterocycles. The highest BCUT2D eigenvalue weighted by Gasteiger charge is 2.20. The molecule has 2 aromatic heterocycles. The molecular formula is C14H19BrClN3S. The molecule has 2 aromatic rings. The molecule has 20 heavy (non-hydrogen) atoms. The Bertz CT molecular complexity index is 585. The molecule has 110 valence electrons. The lowest BCUT2D eigenvalue weighted by Crippen LogP contribution is -2.11. The van der Waals surface area contributed by atoms with Gasteiger partial charge in [0.25, 0.3) is 0 Å². The van der Waals surface area contributed by atoms with Gasteiger partial charge in [-0.1, -0.05) is 6.92 Å². The van der Waals surface area contributed by atoms with E-state index in [1.54, 1.807) is 0 Å². The summed E-state index contributed by atoms with van der Waals surface area (Å²) in [6.45, 7) is 6.36. The third kappa shape index (κ3) is 3.49. The summed E-state index contributed by atoms with van der Waals surface area (Å²) < 4.78 is 3.13. The van der Waals surface area contributed by atoms with E-state index in [1.165, 1.54) is 0 Å². The molecule has 0 aliphatic carbocycles. The highest BCUT2D eigenvalue weighted by molar-refractivity contribution is 9.10. The van der Waals surface area contributed by atoms with E-state index in [9.17, 15) is 0 Å². The van der Waals surface area contributed by atoms with Crippen molar-refractivity contribution in [2.24, 2.45) is 0 Å². The lowest BCUT2D eigenvalue weighted by atomic mass is 10.2. The molecule has 0 spiro atoms. The van der Waals surface area contributed by atoms with Crippen LogP contribution in [0.25, 0.3) is 11.2 Å². The average molecular weight is 377 g/mol. The van der Waals surface area contributed by atoms with Crippen LogP contribution < -0.4 is 0 Å². The first-order valence-corrected chi connectivity index (χ1v) is 9.18. The topological polar surface area (TPSA) is 30.7 Å². The Kier molecular flexibility index (Phi) is 5.75. The first-order chi connectivity index (χ1) is 9.54. The summed E-state index contributed by atoms with van der Waals surface area (Å²) >= 11 is 11.7. The van der Waals surface area contributed by atoms with E-state index in [1.807, 2.05) is 30.9 Å². The number of hydrogen-bond acceptors (Lipinski definition) is 3. The normalized spacial score (nSPS) is 14.7. The molecule has 0 aliphatic heterocycles. The number of fused-ring (bicyclic) bond motifs is 1. The van der Waals surface area contributed by atoms with Crippen LogP contribution in [0.3, 0.4) is 0 Å². The average Bonchev–Trinajstić information content (AvgIpc) is 2.77. The van der Waals surface area contributed by atoms with Crippen molar-refractivity contribution in [3.63, 3.8) is 0 Å². The van der Waals surface area contributed by atoms with Gasteiger partial charge in [0.2, 0.25) is 0 Å². The second kappa shape index (κ2) is 7.14. The Morgan fingerprint density at radius 2 is 2.20 bits per heavy atom. The Morgan fingerprint density at radius 1 is 1.45 bits per heavy atom. The second-order valence-corrected chi connectivity index (χ2v) is 7.75. The monoisotopic (exact) mass is 375 g/mol. The van der Waals surface area contributed by atoms with Crippen LogP contribution in [0.4, 0.5) is 0 Å². The predicted octanol–water partition coefficient (Wildman–Crippen LogP) is 5.20. The number of hydrogen-bond donors (Lipinski definition) is 0. The molecule has 2 unspecified atom stereocenters. The smallest absolute Gasteiger partial charge is 0.160 e. The Labute approximate surface area is 137 Å². The van der Waals surface area contributed by atoms with Crippen LogP contribution in [0.1, 0.15) is 44.4 Å². The van der Waals surface area contributed by atoms with Crippen LogP contribution in [0, 0.1) is 0 Å². The van der Waals surface area contributed by atoms with E-state index >= 15 is 0 Å². The number of aromatic nitrogens is 3. The molecule has 6 heteroatoms. The van der Waals surface area contributed by atoms with E-state index in [0.29, 0.717) is 6.04 Å². The van der Waals surface area contributed by atoms with Gasteiger partial charge in [-0.15, -0.1) is 11.6 Å². The number of pyridine rings is 1. The van der Waals surface area contributed by atoms with E-state index in [-0.39, 0.29) is 5.38 Å². The maximum absolute atomic E-state index is 6.30. The molecule has 0 bridgehead atoms. The number of imidazole rings is 1. The summed E-state index contributed by atoms with van der Waals surface area (Å²) in [4.78, 5) is 9.18. The zero-order valence-corrected chi connectivity index (χ0v) is 15.1. The van der Waals surface area contributed by atoms with Crippen molar-refractivity contribution in [3.8, 4) is 0 Å². The van der Waals surface area contributed by atoms with Gasteiger partial charge in [0.15, 0.2) is 5.65 Å². The fourth-order valence-corrected chi connectivity index (χ4v) is 3.49. The Morgan fingerprint density at radius 3 is 2.85 bits per heavy atom. The molecule has 0 N–H and O–H groups in total. The molecule has 2 atom stereocenters. The standard InChI is InChI=1S/C14H19BrClN3S/c1-4-20-6-5-9(2)19-13(10(3)16)18-12-7-11(15)8-17-14(12)19/h7-10H,4-6H2,1-3H3. The number of thioether (sulfide) groups is 1. The molecule has 0 saturated carbocycles. The van der Waals surface area contributed by atoms with E-state index in [2.05, 4.69) is 44.3 Å². The summed E-state index contributed by atoms with van der Waals surface area (Å²) in [6.07, 6.45) is 2.91. The predicted molar refractivity (Wildman–Crippen MR) is 91.8 cm³/mol. The first-order valence-electron chi connectivity index (χ1n) is 6.79. The fourth-order valence-electron chi connectivity index (χ4n) is 2.22. The molecule has 3 nitrogen and oxygen atoms in total. The zero-order valence-electron chi connectivity index (χ0n) is 11.9.